The second-order valence-electron chi connectivity index (χ2n) is 5.61. The number of ether oxygens (including phenoxy) is 3. The molecule has 0 radical (unpaired) electrons. The first-order valence-corrected chi connectivity index (χ1v) is 9.59. The van der Waals surface area contributed by atoms with Crippen molar-refractivity contribution in [3.05, 3.63) is 0 Å². The summed E-state index contributed by atoms with van der Waals surface area (Å²) in [6.07, 6.45) is -0.0443. The van der Waals surface area contributed by atoms with Gasteiger partial charge in [-0.05, 0) is 32.5 Å². The molecule has 2 aliphatic heterocycles. The maximum atomic E-state index is 10.9. The fourth-order valence-corrected chi connectivity index (χ4v) is 2.76. The van der Waals surface area contributed by atoms with Crippen LogP contribution in [0.5, 0.6) is 0 Å². The molecule has 4 unspecified atom stereocenters. The van der Waals surface area contributed by atoms with Crippen LogP contribution in [0.1, 0.15) is 12.8 Å². The summed E-state index contributed by atoms with van der Waals surface area (Å²) in [4.78, 5) is 10.9. The van der Waals surface area contributed by atoms with Gasteiger partial charge >= 0.3 is 5.97 Å². The fourth-order valence-electron chi connectivity index (χ4n) is 2.06. The average molecular weight is 276 g/mol. The molecule has 2 rings (SSSR count). The topological polar surface area (TPSA) is 74.2 Å². The maximum absolute atomic E-state index is 10.9. The number of rotatable bonds is 3. The van der Waals surface area contributed by atoms with Gasteiger partial charge < -0.3 is 23.7 Å². The Morgan fingerprint density at radius 3 is 2.56 bits per heavy atom. The average Bonchev–Trinajstić information content (AvgIpc) is 2.26. The van der Waals surface area contributed by atoms with E-state index in [1.165, 1.54) is 0 Å². The molecule has 0 spiro atoms. The molecular weight excluding hydrogens is 256 g/mol. The second-order valence-corrected chi connectivity index (χ2v) is 10.1. The van der Waals surface area contributed by atoms with E-state index < -0.39 is 26.9 Å². The molecule has 0 aliphatic carbocycles. The number of fused-ring (bicyclic) bond motifs is 1. The summed E-state index contributed by atoms with van der Waals surface area (Å²) in [5, 5.41) is 8.91. The van der Waals surface area contributed by atoms with E-state index in [2.05, 4.69) is 19.6 Å². The van der Waals surface area contributed by atoms with Gasteiger partial charge in [0.15, 0.2) is 14.4 Å². The van der Waals surface area contributed by atoms with Crippen LogP contribution >= 0.6 is 0 Å². The van der Waals surface area contributed by atoms with Crippen LogP contribution in [-0.2, 0) is 23.4 Å². The lowest BCUT2D eigenvalue weighted by molar-refractivity contribution is -0.343. The van der Waals surface area contributed by atoms with Crippen molar-refractivity contribution in [1.82, 2.24) is 0 Å². The van der Waals surface area contributed by atoms with Gasteiger partial charge in [-0.25, -0.2) is 4.79 Å². The van der Waals surface area contributed by atoms with E-state index in [4.69, 9.17) is 23.7 Å². The molecule has 6 nitrogen and oxygen atoms in total. The van der Waals surface area contributed by atoms with Crippen LogP contribution in [0.2, 0.25) is 19.6 Å². The Bertz CT molecular complexity index is 315. The predicted molar refractivity (Wildman–Crippen MR) is 64.6 cm³/mol. The molecule has 0 aromatic carbocycles. The minimum atomic E-state index is -1.72. The van der Waals surface area contributed by atoms with Gasteiger partial charge in [0, 0.05) is 0 Å². The van der Waals surface area contributed by atoms with E-state index in [1.54, 1.807) is 0 Å². The lowest BCUT2D eigenvalue weighted by atomic mass is 10.0. The van der Waals surface area contributed by atoms with Gasteiger partial charge in [-0.2, -0.15) is 0 Å². The van der Waals surface area contributed by atoms with E-state index in [0.29, 0.717) is 19.4 Å². The summed E-state index contributed by atoms with van der Waals surface area (Å²) in [6.45, 7) is 5.86. The Hall–Kier alpha value is -0.473. The first kappa shape index (κ1) is 13.9. The normalized spacial score (nSPS) is 37.1. The van der Waals surface area contributed by atoms with Crippen molar-refractivity contribution < 1.29 is 28.5 Å². The van der Waals surface area contributed by atoms with E-state index in [1.807, 2.05) is 0 Å². The molecule has 2 saturated heterocycles. The largest absolute Gasteiger partial charge is 0.479 e. The van der Waals surface area contributed by atoms with Crippen molar-refractivity contribution in [3.8, 4) is 0 Å². The third kappa shape index (κ3) is 3.52. The Morgan fingerprint density at radius 1 is 1.22 bits per heavy atom. The zero-order chi connectivity index (χ0) is 13.3. The number of hydrogen-bond acceptors (Lipinski definition) is 5. The Balaban J connectivity index is 1.88. The molecule has 0 saturated carbocycles. The number of carbonyl (C=O) groups is 1. The van der Waals surface area contributed by atoms with Gasteiger partial charge in [0.2, 0.25) is 0 Å². The van der Waals surface area contributed by atoms with Crippen LogP contribution < -0.4 is 0 Å². The Kier molecular flexibility index (Phi) is 4.07. The predicted octanol–water partition coefficient (Wildman–Crippen LogP) is 1.17. The lowest BCUT2D eigenvalue weighted by Gasteiger charge is -2.41. The minimum absolute atomic E-state index is 0.129. The fraction of sp³-hybridized carbons (Fsp3) is 0.909. The van der Waals surface area contributed by atoms with E-state index in [0.717, 1.165) is 0 Å². The van der Waals surface area contributed by atoms with Gasteiger partial charge in [-0.1, -0.05) is 0 Å². The van der Waals surface area contributed by atoms with Crippen LogP contribution in [-0.4, -0.2) is 50.8 Å². The highest BCUT2D eigenvalue weighted by Crippen LogP contribution is 2.28. The van der Waals surface area contributed by atoms with E-state index >= 15 is 0 Å². The number of carboxylic acid groups (broad SMARTS) is 1. The summed E-state index contributed by atoms with van der Waals surface area (Å²) in [5.74, 6) is -0.922. The maximum Gasteiger partial charge on any atom is 0.332 e. The molecule has 4 atom stereocenters. The summed E-state index contributed by atoms with van der Waals surface area (Å²) in [7, 11) is -1.72. The molecule has 2 fully saturated rings. The molecule has 2 aliphatic rings. The van der Waals surface area contributed by atoms with Crippen molar-refractivity contribution in [3.63, 3.8) is 0 Å². The van der Waals surface area contributed by atoms with Crippen LogP contribution in [0.4, 0.5) is 0 Å². The Morgan fingerprint density at radius 2 is 1.94 bits per heavy atom. The van der Waals surface area contributed by atoms with Crippen molar-refractivity contribution >= 4 is 14.3 Å². The highest BCUT2D eigenvalue weighted by atomic mass is 28.4. The second kappa shape index (κ2) is 5.26. The molecule has 104 valence electrons. The first-order valence-electron chi connectivity index (χ1n) is 6.18. The zero-order valence-corrected chi connectivity index (χ0v) is 11.9. The van der Waals surface area contributed by atoms with Crippen molar-refractivity contribution in [2.75, 3.05) is 6.61 Å². The molecule has 2 heterocycles. The Labute approximate surface area is 107 Å². The van der Waals surface area contributed by atoms with Crippen molar-refractivity contribution in [2.24, 2.45) is 0 Å². The van der Waals surface area contributed by atoms with Crippen LogP contribution in [0.3, 0.4) is 0 Å². The van der Waals surface area contributed by atoms with Gasteiger partial charge in [-0.15, -0.1) is 0 Å². The lowest BCUT2D eigenvalue weighted by Crippen LogP contribution is -2.53. The number of hydrogen-bond donors (Lipinski definition) is 1. The molecule has 1 N–H and O–H groups in total. The zero-order valence-electron chi connectivity index (χ0n) is 10.9. The van der Waals surface area contributed by atoms with Crippen molar-refractivity contribution in [2.45, 2.75) is 57.3 Å². The van der Waals surface area contributed by atoms with Gasteiger partial charge in [-0.3, -0.25) is 0 Å². The minimum Gasteiger partial charge on any atom is -0.479 e. The molecule has 7 heteroatoms. The van der Waals surface area contributed by atoms with Crippen LogP contribution in [0, 0.1) is 0 Å². The summed E-state index contributed by atoms with van der Waals surface area (Å²) in [6, 6.07) is 0. The van der Waals surface area contributed by atoms with Crippen LogP contribution in [0.15, 0.2) is 0 Å². The summed E-state index contributed by atoms with van der Waals surface area (Å²) < 4.78 is 22.3. The van der Waals surface area contributed by atoms with Gasteiger partial charge in [0.25, 0.3) is 6.48 Å². The standard InChI is InChI=1S/C11H20O6Si/c1-18(2,3)17-11-14-6-9-7(16-11)4-5-8(15-9)10(12)13/h7-9,11H,4-6H2,1-3H3,(H,12,13). The number of carboxylic acids is 1. The molecule has 0 aromatic rings. The van der Waals surface area contributed by atoms with Gasteiger partial charge in [0.05, 0.1) is 12.7 Å². The SMILES string of the molecule is C[Si](C)(C)OC1OCC2OC(C(=O)O)CCC2O1. The monoisotopic (exact) mass is 276 g/mol. The summed E-state index contributed by atoms with van der Waals surface area (Å²) in [5.41, 5.74) is 0. The highest BCUT2D eigenvalue weighted by molar-refractivity contribution is 6.69. The van der Waals surface area contributed by atoms with E-state index in [-0.39, 0.29) is 12.2 Å². The smallest absolute Gasteiger partial charge is 0.332 e. The first-order chi connectivity index (χ1) is 8.35. The number of aliphatic carboxylic acids is 1. The van der Waals surface area contributed by atoms with Crippen LogP contribution in [0.25, 0.3) is 0 Å². The highest BCUT2D eigenvalue weighted by Gasteiger charge is 2.41. The van der Waals surface area contributed by atoms with E-state index in [9.17, 15) is 4.79 Å². The molecule has 18 heavy (non-hydrogen) atoms. The molecular formula is C11H20O6Si. The third-order valence-electron chi connectivity index (χ3n) is 2.87. The molecule has 0 aromatic heterocycles. The quantitative estimate of drug-likeness (QED) is 0.780. The third-order valence-corrected chi connectivity index (χ3v) is 3.77. The molecule has 0 bridgehead atoms. The summed E-state index contributed by atoms with van der Waals surface area (Å²) >= 11 is 0. The van der Waals surface area contributed by atoms with Crippen molar-refractivity contribution in [1.29, 1.82) is 0 Å². The van der Waals surface area contributed by atoms with Gasteiger partial charge in [0.1, 0.15) is 6.10 Å². The molecule has 0 amide bonds.